The van der Waals surface area contributed by atoms with E-state index >= 15 is 0 Å². The topological polar surface area (TPSA) is 151 Å². The van der Waals surface area contributed by atoms with Gasteiger partial charge in [0.25, 0.3) is 0 Å². The van der Waals surface area contributed by atoms with Crippen molar-refractivity contribution >= 4 is 39.1 Å². The third-order valence-electron chi connectivity index (χ3n) is 2.55. The first-order valence-corrected chi connectivity index (χ1v) is 10.6. The zero-order valence-electron chi connectivity index (χ0n) is 16.3. The van der Waals surface area contributed by atoms with Gasteiger partial charge in [-0.15, -0.1) is 0 Å². The molecule has 0 spiro atoms. The van der Waals surface area contributed by atoms with E-state index in [4.69, 9.17) is 9.47 Å². The molecule has 0 aromatic rings. The van der Waals surface area contributed by atoms with Crippen LogP contribution >= 0.6 is 0 Å². The fraction of sp³-hybridized carbons (Fsp3) is 0.750. The molecule has 0 rings (SSSR count). The maximum absolute atomic E-state index is 11.7. The van der Waals surface area contributed by atoms with Crippen molar-refractivity contribution in [3.63, 3.8) is 0 Å². The Balaban J connectivity index is 4.64. The van der Waals surface area contributed by atoms with Crippen molar-refractivity contribution in [2.45, 2.75) is 75.5 Å². The van der Waals surface area contributed by atoms with Gasteiger partial charge in [0.05, 0.1) is 0 Å². The Labute approximate surface area is 164 Å². The first-order chi connectivity index (χ1) is 12.1. The predicted octanol–water partition coefficient (Wildman–Crippen LogP) is 1.48. The first kappa shape index (κ1) is 25.0. The van der Waals surface area contributed by atoms with E-state index in [1.165, 1.54) is 0 Å². The number of carbonyl (C=O) groups excluding carboxylic acids is 2. The van der Waals surface area contributed by atoms with Crippen LogP contribution in [-0.2, 0) is 19.1 Å². The molecule has 2 amide bonds. The molecule has 0 fully saturated rings. The summed E-state index contributed by atoms with van der Waals surface area (Å²) in [5, 5.41) is 22.9. The monoisotopic (exact) mass is 456 g/mol. The van der Waals surface area contributed by atoms with Crippen LogP contribution in [0.5, 0.6) is 0 Å². The van der Waals surface area contributed by atoms with Gasteiger partial charge in [0.2, 0.25) is 0 Å². The number of amides is 2. The number of aliphatic carboxylic acids is 2. The summed E-state index contributed by atoms with van der Waals surface area (Å²) in [6.07, 6.45) is -1.74. The molecule has 0 saturated heterocycles. The van der Waals surface area contributed by atoms with Crippen molar-refractivity contribution in [1.29, 1.82) is 0 Å². The Morgan fingerprint density at radius 1 is 0.778 bits per heavy atom. The first-order valence-electron chi connectivity index (χ1n) is 8.13. The number of carboxylic acids is 2. The Hall–Kier alpha value is -2.00. The number of carbonyl (C=O) groups is 4. The van der Waals surface area contributed by atoms with E-state index in [-0.39, 0.29) is 10.6 Å². The molecular formula is C16H28N2O8Se. The van der Waals surface area contributed by atoms with Gasteiger partial charge in [0.1, 0.15) is 0 Å². The third-order valence-corrected chi connectivity index (χ3v) is 4.93. The Kier molecular flexibility index (Phi) is 9.60. The third kappa shape index (κ3) is 12.9. The van der Waals surface area contributed by atoms with E-state index in [2.05, 4.69) is 10.6 Å². The number of nitrogens with one attached hydrogen (secondary N) is 2. The van der Waals surface area contributed by atoms with E-state index in [9.17, 15) is 29.4 Å². The van der Waals surface area contributed by atoms with Crippen molar-refractivity contribution in [3.8, 4) is 0 Å². The summed E-state index contributed by atoms with van der Waals surface area (Å²) < 4.78 is 10.0. The quantitative estimate of drug-likeness (QED) is 0.402. The molecule has 0 aromatic heterocycles. The number of carboxylic acid groups (broad SMARTS) is 2. The molecule has 4 N–H and O–H groups in total. The summed E-state index contributed by atoms with van der Waals surface area (Å²) >= 11 is -0.490. The molecule has 2 atom stereocenters. The van der Waals surface area contributed by atoms with Crippen LogP contribution in [0.3, 0.4) is 0 Å². The zero-order valence-corrected chi connectivity index (χ0v) is 18.0. The molecule has 0 bridgehead atoms. The van der Waals surface area contributed by atoms with Crippen molar-refractivity contribution in [2.75, 3.05) is 0 Å². The molecule has 27 heavy (non-hydrogen) atoms. The van der Waals surface area contributed by atoms with Gasteiger partial charge >= 0.3 is 164 Å². The Morgan fingerprint density at radius 3 is 1.30 bits per heavy atom. The molecule has 0 saturated carbocycles. The van der Waals surface area contributed by atoms with Gasteiger partial charge in [-0.2, -0.15) is 0 Å². The fourth-order valence-corrected chi connectivity index (χ4v) is 3.78. The molecule has 10 nitrogen and oxygen atoms in total. The zero-order chi connectivity index (χ0) is 21.4. The molecule has 11 heteroatoms. The van der Waals surface area contributed by atoms with Gasteiger partial charge in [-0.25, -0.2) is 0 Å². The summed E-state index contributed by atoms with van der Waals surface area (Å²) in [7, 11) is 0. The van der Waals surface area contributed by atoms with Crippen LogP contribution in [0.2, 0.25) is 10.6 Å². The number of hydrogen-bond donors (Lipinski definition) is 4. The minimum absolute atomic E-state index is 0.0291. The van der Waals surface area contributed by atoms with E-state index in [0.29, 0.717) is 0 Å². The van der Waals surface area contributed by atoms with E-state index in [1.807, 2.05) is 0 Å². The molecule has 0 aliphatic heterocycles. The van der Waals surface area contributed by atoms with Gasteiger partial charge in [-0.3, -0.25) is 0 Å². The second-order valence-corrected chi connectivity index (χ2v) is 9.87. The Morgan fingerprint density at radius 2 is 1.07 bits per heavy atom. The van der Waals surface area contributed by atoms with Gasteiger partial charge in [-0.1, -0.05) is 0 Å². The molecule has 0 aliphatic carbocycles. The molecular weight excluding hydrogens is 427 g/mol. The Bertz CT molecular complexity index is 506. The number of hydrogen-bond acceptors (Lipinski definition) is 6. The summed E-state index contributed by atoms with van der Waals surface area (Å²) in [4.78, 5) is 46.0. The van der Waals surface area contributed by atoms with Gasteiger partial charge in [0, 0.05) is 0 Å². The van der Waals surface area contributed by atoms with Crippen molar-refractivity contribution in [2.24, 2.45) is 0 Å². The second-order valence-electron chi connectivity index (χ2n) is 7.61. The fourth-order valence-electron chi connectivity index (χ4n) is 1.55. The van der Waals surface area contributed by atoms with Crippen LogP contribution in [0.1, 0.15) is 41.5 Å². The van der Waals surface area contributed by atoms with Crippen LogP contribution in [0.25, 0.3) is 0 Å². The minimum atomic E-state index is -1.25. The molecule has 0 radical (unpaired) electrons. The molecule has 156 valence electrons. The van der Waals surface area contributed by atoms with E-state index in [1.54, 1.807) is 41.5 Å². The summed E-state index contributed by atoms with van der Waals surface area (Å²) in [5.41, 5.74) is -1.55. The van der Waals surface area contributed by atoms with Crippen LogP contribution in [0, 0.1) is 0 Å². The number of ether oxygens (including phenoxy) is 2. The summed E-state index contributed by atoms with van der Waals surface area (Å²) in [6.45, 7) is 9.87. The molecule has 0 unspecified atom stereocenters. The van der Waals surface area contributed by atoms with Crippen molar-refractivity contribution < 1.29 is 38.9 Å². The van der Waals surface area contributed by atoms with Gasteiger partial charge in [0.15, 0.2) is 0 Å². The van der Waals surface area contributed by atoms with E-state index in [0.717, 1.165) is 0 Å². The van der Waals surface area contributed by atoms with Crippen LogP contribution < -0.4 is 10.6 Å². The van der Waals surface area contributed by atoms with Gasteiger partial charge < -0.3 is 0 Å². The average Bonchev–Trinajstić information content (AvgIpc) is 2.40. The summed E-state index contributed by atoms with van der Waals surface area (Å²) in [5.74, 6) is -2.51. The van der Waals surface area contributed by atoms with Gasteiger partial charge in [-0.05, 0) is 0 Å². The normalized spacial score (nSPS) is 13.9. The SMILES string of the molecule is CC(C)(C)OC(=O)N[C@@H](C[Se]C[C@H](NC(=O)OC(C)(C)C)C(=O)O)C(=O)O. The second kappa shape index (κ2) is 10.4. The standard InChI is InChI=1S/C16H28N2O8Se/c1-15(2,3)25-13(23)17-9(11(19)20)7-27-8-10(12(21)22)18-14(24)26-16(4,5)6/h9-10H,7-8H2,1-6H3,(H,17,23)(H,18,24)(H,19,20)(H,21,22)/t9-,10-/m0/s1. The van der Waals surface area contributed by atoms with Crippen molar-refractivity contribution in [3.05, 3.63) is 0 Å². The van der Waals surface area contributed by atoms with E-state index < -0.39 is 62.4 Å². The van der Waals surface area contributed by atoms with Crippen LogP contribution in [0.15, 0.2) is 0 Å². The summed E-state index contributed by atoms with van der Waals surface area (Å²) in [6, 6.07) is -2.42. The number of rotatable bonds is 8. The molecule has 0 heterocycles. The van der Waals surface area contributed by atoms with Crippen molar-refractivity contribution in [1.82, 2.24) is 10.6 Å². The molecule has 0 aliphatic rings. The predicted molar refractivity (Wildman–Crippen MR) is 97.0 cm³/mol. The molecule has 0 aromatic carbocycles. The van der Waals surface area contributed by atoms with Crippen LogP contribution in [0.4, 0.5) is 9.59 Å². The maximum atomic E-state index is 11.7. The average molecular weight is 455 g/mol. The number of alkyl carbamates (subject to hydrolysis) is 2. The van der Waals surface area contributed by atoms with Crippen LogP contribution in [-0.4, -0.2) is 72.6 Å².